The van der Waals surface area contributed by atoms with Crippen LogP contribution in [0.5, 0.6) is 0 Å². The standard InChI is InChI=1S/C18H28N4O4S/c1-19-11-7-15(8-12-19)14-20(2)17-6-5-16(22(23)24)13-18(17)27(25,26)21-9-3-4-10-21/h5-6,13,15H,3-4,7-12,14H2,1-2H3. The largest absolute Gasteiger partial charge is 0.373 e. The molecule has 9 heteroatoms. The predicted octanol–water partition coefficient (Wildman–Crippen LogP) is 2.16. The molecule has 1 aromatic carbocycles. The predicted molar refractivity (Wildman–Crippen MR) is 105 cm³/mol. The quantitative estimate of drug-likeness (QED) is 0.541. The van der Waals surface area contributed by atoms with E-state index in [2.05, 4.69) is 11.9 Å². The summed E-state index contributed by atoms with van der Waals surface area (Å²) in [5.74, 6) is 0.490. The fourth-order valence-corrected chi connectivity index (χ4v) is 5.71. The molecule has 2 fully saturated rings. The Morgan fingerprint density at radius 1 is 1.19 bits per heavy atom. The number of likely N-dealkylation sites (tertiary alicyclic amines) is 1. The topological polar surface area (TPSA) is 87.0 Å². The third-order valence-corrected chi connectivity index (χ3v) is 7.55. The Balaban J connectivity index is 1.90. The van der Waals surface area contributed by atoms with Gasteiger partial charge in [0.05, 0.1) is 10.6 Å². The maximum absolute atomic E-state index is 13.1. The van der Waals surface area contributed by atoms with Crippen LogP contribution in [0.4, 0.5) is 11.4 Å². The first-order chi connectivity index (χ1) is 12.8. The number of nitro groups is 1. The number of anilines is 1. The molecular formula is C18H28N4O4S. The van der Waals surface area contributed by atoms with Crippen molar-refractivity contribution in [3.05, 3.63) is 28.3 Å². The first kappa shape index (κ1) is 20.0. The fraction of sp³-hybridized carbons (Fsp3) is 0.667. The zero-order valence-corrected chi connectivity index (χ0v) is 16.8. The Morgan fingerprint density at radius 3 is 2.41 bits per heavy atom. The second kappa shape index (κ2) is 8.12. The second-order valence-corrected chi connectivity index (χ2v) is 9.55. The van der Waals surface area contributed by atoms with Crippen LogP contribution in [0, 0.1) is 16.0 Å². The lowest BCUT2D eigenvalue weighted by atomic mass is 9.96. The molecule has 27 heavy (non-hydrogen) atoms. The van der Waals surface area contributed by atoms with Crippen LogP contribution in [0.15, 0.2) is 23.1 Å². The SMILES string of the molecule is CN1CCC(CN(C)c2ccc([N+](=O)[O-])cc2S(=O)(=O)N2CCCC2)CC1. The van der Waals surface area contributed by atoms with Gasteiger partial charge < -0.3 is 9.80 Å². The van der Waals surface area contributed by atoms with Crippen molar-refractivity contribution in [2.75, 3.05) is 51.7 Å². The average Bonchev–Trinajstić information content (AvgIpc) is 3.18. The number of hydrogen-bond acceptors (Lipinski definition) is 6. The monoisotopic (exact) mass is 396 g/mol. The number of nitrogens with zero attached hydrogens (tertiary/aromatic N) is 4. The highest BCUT2D eigenvalue weighted by Crippen LogP contribution is 2.33. The Bertz CT molecular complexity index is 785. The molecule has 2 heterocycles. The lowest BCUT2D eigenvalue weighted by molar-refractivity contribution is -0.385. The van der Waals surface area contributed by atoms with Gasteiger partial charge in [-0.25, -0.2) is 8.42 Å². The van der Waals surface area contributed by atoms with Crippen LogP contribution >= 0.6 is 0 Å². The van der Waals surface area contributed by atoms with Crippen LogP contribution in [-0.4, -0.2) is 69.4 Å². The smallest absolute Gasteiger partial charge is 0.270 e. The number of benzene rings is 1. The minimum absolute atomic E-state index is 0.0500. The molecule has 0 atom stereocenters. The van der Waals surface area contributed by atoms with E-state index in [0.29, 0.717) is 24.7 Å². The van der Waals surface area contributed by atoms with Gasteiger partial charge >= 0.3 is 0 Å². The molecule has 0 radical (unpaired) electrons. The van der Waals surface area contributed by atoms with Gasteiger partial charge in [-0.3, -0.25) is 10.1 Å². The summed E-state index contributed by atoms with van der Waals surface area (Å²) in [4.78, 5) is 15.0. The Labute approximate surface area is 160 Å². The molecule has 0 bridgehead atoms. The van der Waals surface area contributed by atoms with E-state index < -0.39 is 14.9 Å². The number of rotatable bonds is 6. The number of hydrogen-bond donors (Lipinski definition) is 0. The zero-order chi connectivity index (χ0) is 19.6. The van der Waals surface area contributed by atoms with E-state index in [4.69, 9.17) is 0 Å². The van der Waals surface area contributed by atoms with Gasteiger partial charge in [0.1, 0.15) is 4.90 Å². The van der Waals surface area contributed by atoms with Crippen LogP contribution in [-0.2, 0) is 10.0 Å². The van der Waals surface area contributed by atoms with E-state index in [9.17, 15) is 18.5 Å². The van der Waals surface area contributed by atoms with Gasteiger partial charge in [-0.2, -0.15) is 4.31 Å². The lowest BCUT2D eigenvalue weighted by Gasteiger charge is -2.33. The molecule has 0 saturated carbocycles. The first-order valence-electron chi connectivity index (χ1n) is 9.47. The number of piperidine rings is 1. The van der Waals surface area contributed by atoms with E-state index >= 15 is 0 Å². The highest BCUT2D eigenvalue weighted by atomic mass is 32.2. The molecule has 3 rings (SSSR count). The summed E-state index contributed by atoms with van der Waals surface area (Å²) in [6, 6.07) is 4.19. The van der Waals surface area contributed by atoms with Crippen LogP contribution < -0.4 is 4.90 Å². The molecule has 0 spiro atoms. The van der Waals surface area contributed by atoms with Gasteiger partial charge in [0.15, 0.2) is 0 Å². The average molecular weight is 397 g/mol. The van der Waals surface area contributed by atoms with Crippen molar-refractivity contribution in [2.45, 2.75) is 30.6 Å². The van der Waals surface area contributed by atoms with Gasteiger partial charge in [-0.15, -0.1) is 0 Å². The van der Waals surface area contributed by atoms with Gasteiger partial charge in [-0.1, -0.05) is 0 Å². The fourth-order valence-electron chi connectivity index (χ4n) is 3.94. The van der Waals surface area contributed by atoms with E-state index in [1.807, 2.05) is 11.9 Å². The third kappa shape index (κ3) is 4.41. The molecule has 0 N–H and O–H groups in total. The molecule has 150 valence electrons. The van der Waals surface area contributed by atoms with Crippen molar-refractivity contribution in [1.82, 2.24) is 9.21 Å². The Hall–Kier alpha value is -1.71. The molecule has 0 amide bonds. The molecule has 0 unspecified atom stereocenters. The van der Waals surface area contributed by atoms with Crippen molar-refractivity contribution in [3.63, 3.8) is 0 Å². The van der Waals surface area contributed by atoms with Crippen LogP contribution in [0.2, 0.25) is 0 Å². The van der Waals surface area contributed by atoms with Gasteiger partial charge in [-0.05, 0) is 57.8 Å². The lowest BCUT2D eigenvalue weighted by Crippen LogP contribution is -2.36. The summed E-state index contributed by atoms with van der Waals surface area (Å²) >= 11 is 0. The van der Waals surface area contributed by atoms with Gasteiger partial charge in [0.25, 0.3) is 5.69 Å². The van der Waals surface area contributed by atoms with Crippen molar-refractivity contribution < 1.29 is 13.3 Å². The van der Waals surface area contributed by atoms with E-state index in [0.717, 1.165) is 45.3 Å². The van der Waals surface area contributed by atoms with Crippen LogP contribution in [0.25, 0.3) is 0 Å². The van der Waals surface area contributed by atoms with Crippen LogP contribution in [0.1, 0.15) is 25.7 Å². The molecule has 2 aliphatic rings. The normalized spacial score (nSPS) is 20.1. The summed E-state index contributed by atoms with van der Waals surface area (Å²) in [6.07, 6.45) is 3.80. The number of sulfonamides is 1. The Morgan fingerprint density at radius 2 is 1.81 bits per heavy atom. The minimum atomic E-state index is -3.74. The first-order valence-corrected chi connectivity index (χ1v) is 10.9. The van der Waals surface area contributed by atoms with E-state index in [1.54, 1.807) is 6.07 Å². The van der Waals surface area contributed by atoms with Crippen molar-refractivity contribution in [3.8, 4) is 0 Å². The number of nitro benzene ring substituents is 1. The molecule has 8 nitrogen and oxygen atoms in total. The van der Waals surface area contributed by atoms with Gasteiger partial charge in [0, 0.05) is 38.8 Å². The molecule has 2 aliphatic heterocycles. The van der Waals surface area contributed by atoms with Crippen molar-refractivity contribution in [2.24, 2.45) is 5.92 Å². The third-order valence-electron chi connectivity index (χ3n) is 5.62. The number of non-ortho nitro benzene ring substituents is 1. The summed E-state index contributed by atoms with van der Waals surface area (Å²) in [5.41, 5.74) is 0.357. The van der Waals surface area contributed by atoms with Crippen molar-refractivity contribution >= 4 is 21.4 Å². The Kier molecular flexibility index (Phi) is 6.02. The van der Waals surface area contributed by atoms with Crippen molar-refractivity contribution in [1.29, 1.82) is 0 Å². The molecule has 0 aliphatic carbocycles. The minimum Gasteiger partial charge on any atom is -0.373 e. The van der Waals surface area contributed by atoms with Crippen LogP contribution in [0.3, 0.4) is 0 Å². The zero-order valence-electron chi connectivity index (χ0n) is 16.0. The highest BCUT2D eigenvalue weighted by Gasteiger charge is 2.32. The molecular weight excluding hydrogens is 368 g/mol. The summed E-state index contributed by atoms with van der Waals surface area (Å²) in [5, 5.41) is 11.2. The van der Waals surface area contributed by atoms with Gasteiger partial charge in [0.2, 0.25) is 10.0 Å². The molecule has 1 aromatic rings. The molecule has 0 aromatic heterocycles. The summed E-state index contributed by atoms with van der Waals surface area (Å²) in [7, 11) is 0.245. The molecule has 2 saturated heterocycles. The van der Waals surface area contributed by atoms with E-state index in [-0.39, 0.29) is 10.6 Å². The highest BCUT2D eigenvalue weighted by molar-refractivity contribution is 7.89. The second-order valence-electron chi connectivity index (χ2n) is 7.65. The summed E-state index contributed by atoms with van der Waals surface area (Å²) < 4.78 is 27.7. The summed E-state index contributed by atoms with van der Waals surface area (Å²) in [6.45, 7) is 3.77. The van der Waals surface area contributed by atoms with E-state index in [1.165, 1.54) is 16.4 Å². The maximum atomic E-state index is 13.1. The maximum Gasteiger partial charge on any atom is 0.270 e.